The summed E-state index contributed by atoms with van der Waals surface area (Å²) in [6.07, 6.45) is 1.65. The lowest BCUT2D eigenvalue weighted by Gasteiger charge is -2.13. The highest BCUT2D eigenvalue weighted by atomic mass is 15.6. The van der Waals surface area contributed by atoms with Gasteiger partial charge in [0.25, 0.3) is 0 Å². The van der Waals surface area contributed by atoms with E-state index >= 15 is 0 Å². The van der Waals surface area contributed by atoms with Gasteiger partial charge in [-0.2, -0.15) is 4.80 Å². The molecule has 0 aliphatic carbocycles. The third-order valence-corrected chi connectivity index (χ3v) is 1.94. The molecule has 0 aromatic carbocycles. The molecule has 0 saturated carbocycles. The summed E-state index contributed by atoms with van der Waals surface area (Å²) in [5, 5.41) is 11.7. The Kier molecular flexibility index (Phi) is 3.97. The number of aromatic nitrogens is 4. The maximum atomic E-state index is 5.92. The van der Waals surface area contributed by atoms with Crippen molar-refractivity contribution >= 4 is 0 Å². The van der Waals surface area contributed by atoms with Gasteiger partial charge in [-0.3, -0.25) is 0 Å². The number of rotatable bonds is 5. The Balaban J connectivity index is 2.30. The molecule has 6 nitrogen and oxygen atoms in total. The number of hydrogen-bond donors (Lipinski definition) is 1. The molecule has 1 unspecified atom stereocenters. The molecule has 0 amide bonds. The van der Waals surface area contributed by atoms with E-state index in [0.717, 1.165) is 18.8 Å². The maximum Gasteiger partial charge on any atom is 0.176 e. The minimum absolute atomic E-state index is 0.113. The summed E-state index contributed by atoms with van der Waals surface area (Å²) >= 11 is 0. The van der Waals surface area contributed by atoms with Crippen molar-refractivity contribution in [2.45, 2.75) is 18.9 Å². The summed E-state index contributed by atoms with van der Waals surface area (Å²) in [6.45, 7) is 0.988. The number of nitrogens with two attached hydrogens (primary N) is 1. The molecule has 0 saturated heterocycles. The molecule has 6 heteroatoms. The van der Waals surface area contributed by atoms with Crippen molar-refractivity contribution in [2.24, 2.45) is 12.8 Å². The molecule has 0 fully saturated rings. The van der Waals surface area contributed by atoms with Gasteiger partial charge in [0.05, 0.1) is 7.05 Å². The molecule has 1 aromatic rings. The monoisotopic (exact) mass is 198 g/mol. The minimum atomic E-state index is 0.113. The van der Waals surface area contributed by atoms with Gasteiger partial charge in [0, 0.05) is 12.5 Å². The van der Waals surface area contributed by atoms with Crippen LogP contribution < -0.4 is 5.73 Å². The van der Waals surface area contributed by atoms with Crippen LogP contribution in [0.25, 0.3) is 0 Å². The van der Waals surface area contributed by atoms with E-state index in [9.17, 15) is 0 Å². The lowest BCUT2D eigenvalue weighted by Crippen LogP contribution is -2.28. The van der Waals surface area contributed by atoms with Crippen LogP contribution in [0.3, 0.4) is 0 Å². The maximum absolute atomic E-state index is 5.92. The zero-order chi connectivity index (χ0) is 10.6. The van der Waals surface area contributed by atoms with Crippen LogP contribution in [0.4, 0.5) is 0 Å². The molecule has 0 bridgehead atoms. The Bertz CT molecular complexity index is 269. The Morgan fingerprint density at radius 1 is 1.50 bits per heavy atom. The van der Waals surface area contributed by atoms with Gasteiger partial charge in [-0.05, 0) is 32.3 Å². The third-order valence-electron chi connectivity index (χ3n) is 1.94. The molecule has 2 N–H and O–H groups in total. The van der Waals surface area contributed by atoms with Gasteiger partial charge in [0.2, 0.25) is 0 Å². The molecule has 1 atom stereocenters. The van der Waals surface area contributed by atoms with E-state index in [1.807, 2.05) is 14.1 Å². The molecule has 80 valence electrons. The zero-order valence-corrected chi connectivity index (χ0v) is 9.01. The summed E-state index contributed by atoms with van der Waals surface area (Å²) < 4.78 is 0. The van der Waals surface area contributed by atoms with Crippen molar-refractivity contribution in [3.8, 4) is 0 Å². The van der Waals surface area contributed by atoms with Crippen LogP contribution in [0.15, 0.2) is 0 Å². The van der Waals surface area contributed by atoms with Crippen molar-refractivity contribution < 1.29 is 0 Å². The topological polar surface area (TPSA) is 72.9 Å². The predicted molar refractivity (Wildman–Crippen MR) is 53.6 cm³/mol. The van der Waals surface area contributed by atoms with Gasteiger partial charge in [-0.1, -0.05) is 0 Å². The highest BCUT2D eigenvalue weighted by Crippen LogP contribution is 1.97. The SMILES string of the molecule is CN(C)CCC(N)Cc1nnn(C)n1. The fourth-order valence-corrected chi connectivity index (χ4v) is 1.17. The molecular weight excluding hydrogens is 180 g/mol. The van der Waals surface area contributed by atoms with Crippen LogP contribution in [-0.4, -0.2) is 51.8 Å². The van der Waals surface area contributed by atoms with Crippen molar-refractivity contribution in [1.82, 2.24) is 25.1 Å². The molecule has 14 heavy (non-hydrogen) atoms. The van der Waals surface area contributed by atoms with E-state index in [2.05, 4.69) is 20.3 Å². The number of aryl methyl sites for hydroxylation is 1. The van der Waals surface area contributed by atoms with Gasteiger partial charge in [-0.25, -0.2) is 0 Å². The van der Waals surface area contributed by atoms with E-state index in [1.54, 1.807) is 7.05 Å². The summed E-state index contributed by atoms with van der Waals surface area (Å²) in [6, 6.07) is 0.113. The van der Waals surface area contributed by atoms with Gasteiger partial charge >= 0.3 is 0 Å². The van der Waals surface area contributed by atoms with Crippen LogP contribution >= 0.6 is 0 Å². The minimum Gasteiger partial charge on any atom is -0.327 e. The summed E-state index contributed by atoms with van der Waals surface area (Å²) in [4.78, 5) is 3.57. The van der Waals surface area contributed by atoms with E-state index in [0.29, 0.717) is 6.42 Å². The summed E-state index contributed by atoms with van der Waals surface area (Å²) in [7, 11) is 5.82. The number of hydrogen-bond acceptors (Lipinski definition) is 5. The van der Waals surface area contributed by atoms with Crippen molar-refractivity contribution in [3.63, 3.8) is 0 Å². The molecule has 1 aromatic heterocycles. The van der Waals surface area contributed by atoms with E-state index in [1.165, 1.54) is 4.80 Å². The number of tetrazole rings is 1. The Morgan fingerprint density at radius 3 is 2.71 bits per heavy atom. The second kappa shape index (κ2) is 5.02. The first-order valence-corrected chi connectivity index (χ1v) is 4.71. The van der Waals surface area contributed by atoms with E-state index in [4.69, 9.17) is 5.73 Å². The lowest BCUT2D eigenvalue weighted by molar-refractivity contribution is 0.378. The summed E-state index contributed by atoms with van der Waals surface area (Å²) in [5.41, 5.74) is 5.92. The molecule has 0 radical (unpaired) electrons. The normalized spacial score (nSPS) is 13.5. The average molecular weight is 198 g/mol. The second-order valence-electron chi connectivity index (χ2n) is 3.75. The third kappa shape index (κ3) is 3.80. The highest BCUT2D eigenvalue weighted by molar-refractivity contribution is 4.82. The van der Waals surface area contributed by atoms with Crippen molar-refractivity contribution in [1.29, 1.82) is 0 Å². The molecule has 0 aliphatic heterocycles. The zero-order valence-electron chi connectivity index (χ0n) is 9.01. The first-order chi connectivity index (χ1) is 6.58. The van der Waals surface area contributed by atoms with E-state index in [-0.39, 0.29) is 6.04 Å². The Hall–Kier alpha value is -1.01. The molecular formula is C8H18N6. The molecule has 0 spiro atoms. The Morgan fingerprint density at radius 2 is 2.21 bits per heavy atom. The van der Waals surface area contributed by atoms with Crippen molar-refractivity contribution in [2.75, 3.05) is 20.6 Å². The standard InChI is InChI=1S/C8H18N6/c1-13(2)5-4-7(9)6-8-10-12-14(3)11-8/h7H,4-6,9H2,1-3H3. The van der Waals surface area contributed by atoms with Crippen LogP contribution in [-0.2, 0) is 13.5 Å². The van der Waals surface area contributed by atoms with Gasteiger partial charge < -0.3 is 10.6 Å². The fraction of sp³-hybridized carbons (Fsp3) is 0.875. The first kappa shape index (κ1) is 11.1. The summed E-state index contributed by atoms with van der Waals surface area (Å²) in [5.74, 6) is 0.721. The van der Waals surface area contributed by atoms with Crippen LogP contribution in [0.5, 0.6) is 0 Å². The highest BCUT2D eigenvalue weighted by Gasteiger charge is 2.08. The largest absolute Gasteiger partial charge is 0.327 e. The fourth-order valence-electron chi connectivity index (χ4n) is 1.17. The van der Waals surface area contributed by atoms with Crippen molar-refractivity contribution in [3.05, 3.63) is 5.82 Å². The quantitative estimate of drug-likeness (QED) is 0.659. The smallest absolute Gasteiger partial charge is 0.176 e. The van der Waals surface area contributed by atoms with Gasteiger partial charge in [-0.15, -0.1) is 10.2 Å². The van der Waals surface area contributed by atoms with Gasteiger partial charge in [0.15, 0.2) is 5.82 Å². The van der Waals surface area contributed by atoms with Crippen LogP contribution in [0, 0.1) is 0 Å². The first-order valence-electron chi connectivity index (χ1n) is 4.71. The molecule has 0 aliphatic rings. The molecule has 1 rings (SSSR count). The predicted octanol–water partition coefficient (Wildman–Crippen LogP) is -0.968. The van der Waals surface area contributed by atoms with E-state index < -0.39 is 0 Å². The molecule has 1 heterocycles. The Labute approximate surface area is 84.1 Å². The second-order valence-corrected chi connectivity index (χ2v) is 3.75. The average Bonchev–Trinajstić information content (AvgIpc) is 2.48. The lowest BCUT2D eigenvalue weighted by atomic mass is 10.1. The van der Waals surface area contributed by atoms with Crippen LogP contribution in [0.1, 0.15) is 12.2 Å². The number of nitrogens with zero attached hydrogens (tertiary/aromatic N) is 5. The van der Waals surface area contributed by atoms with Crippen LogP contribution in [0.2, 0.25) is 0 Å². The van der Waals surface area contributed by atoms with Gasteiger partial charge in [0.1, 0.15) is 0 Å².